The zero-order valence-electron chi connectivity index (χ0n) is 13.0. The van der Waals surface area contributed by atoms with E-state index in [0.29, 0.717) is 12.4 Å². The number of aromatic nitrogens is 3. The smallest absolute Gasteiger partial charge is 0.251 e. The summed E-state index contributed by atoms with van der Waals surface area (Å²) in [5, 5.41) is 3.06. The standard InChI is InChI=1S/C15H20N4O2S/c1-9-6-13(20)18-14(16-9)11(3)19-4-5-21-12(7-19)15-17-10(2)8-22-15/h6,8,11-12H,4-5,7H2,1-3H3,(H,16,18,20)/t11-,12-/m0/s1. The van der Waals surface area contributed by atoms with Gasteiger partial charge in [-0.25, -0.2) is 9.97 Å². The lowest BCUT2D eigenvalue weighted by Gasteiger charge is -2.35. The zero-order chi connectivity index (χ0) is 15.7. The number of nitrogens with one attached hydrogen (secondary N) is 1. The summed E-state index contributed by atoms with van der Waals surface area (Å²) in [5.74, 6) is 0.709. The Bertz CT molecular complexity index is 712. The summed E-state index contributed by atoms with van der Waals surface area (Å²) < 4.78 is 5.85. The van der Waals surface area contributed by atoms with Gasteiger partial charge in [-0.1, -0.05) is 0 Å². The quantitative estimate of drug-likeness (QED) is 0.936. The molecule has 0 bridgehead atoms. The van der Waals surface area contributed by atoms with Crippen molar-refractivity contribution in [2.75, 3.05) is 19.7 Å². The van der Waals surface area contributed by atoms with Gasteiger partial charge in [-0.3, -0.25) is 9.69 Å². The van der Waals surface area contributed by atoms with Crippen LogP contribution in [0.5, 0.6) is 0 Å². The predicted octanol–water partition coefficient (Wildman–Crippen LogP) is 1.98. The minimum atomic E-state index is -0.102. The van der Waals surface area contributed by atoms with E-state index < -0.39 is 0 Å². The summed E-state index contributed by atoms with van der Waals surface area (Å²) in [6.45, 7) is 8.12. The number of hydrogen-bond donors (Lipinski definition) is 1. The van der Waals surface area contributed by atoms with Crippen molar-refractivity contribution in [1.82, 2.24) is 19.9 Å². The summed E-state index contributed by atoms with van der Waals surface area (Å²) in [7, 11) is 0. The van der Waals surface area contributed by atoms with E-state index in [9.17, 15) is 4.79 Å². The minimum Gasteiger partial charge on any atom is -0.368 e. The van der Waals surface area contributed by atoms with Crippen molar-refractivity contribution in [2.45, 2.75) is 32.9 Å². The number of aromatic amines is 1. The van der Waals surface area contributed by atoms with Crippen LogP contribution in [0.3, 0.4) is 0 Å². The second-order valence-corrected chi connectivity index (χ2v) is 6.52. The molecule has 1 aliphatic rings. The van der Waals surface area contributed by atoms with Crippen molar-refractivity contribution in [1.29, 1.82) is 0 Å². The number of aryl methyl sites for hydroxylation is 2. The molecule has 0 unspecified atom stereocenters. The number of H-pyrrole nitrogens is 1. The molecule has 2 atom stereocenters. The van der Waals surface area contributed by atoms with E-state index in [1.807, 2.05) is 19.2 Å². The Kier molecular flexibility index (Phi) is 4.37. The molecule has 118 valence electrons. The van der Waals surface area contributed by atoms with Gasteiger partial charge in [-0.2, -0.15) is 0 Å². The molecule has 1 fully saturated rings. The lowest BCUT2D eigenvalue weighted by molar-refractivity contribution is -0.0443. The molecule has 1 N–H and O–H groups in total. The first kappa shape index (κ1) is 15.3. The van der Waals surface area contributed by atoms with Gasteiger partial charge in [0.05, 0.1) is 12.6 Å². The van der Waals surface area contributed by atoms with Crippen LogP contribution in [0.4, 0.5) is 0 Å². The predicted molar refractivity (Wildman–Crippen MR) is 85.1 cm³/mol. The summed E-state index contributed by atoms with van der Waals surface area (Å²) in [5.41, 5.74) is 1.67. The number of morpholine rings is 1. The van der Waals surface area contributed by atoms with Gasteiger partial charge in [-0.15, -0.1) is 11.3 Å². The Morgan fingerprint density at radius 1 is 1.41 bits per heavy atom. The van der Waals surface area contributed by atoms with Crippen molar-refractivity contribution in [3.8, 4) is 0 Å². The Labute approximate surface area is 133 Å². The van der Waals surface area contributed by atoms with Crippen LogP contribution in [-0.4, -0.2) is 39.5 Å². The van der Waals surface area contributed by atoms with E-state index in [2.05, 4.69) is 26.8 Å². The van der Waals surface area contributed by atoms with Gasteiger partial charge < -0.3 is 9.72 Å². The van der Waals surface area contributed by atoms with Crippen LogP contribution in [0, 0.1) is 13.8 Å². The van der Waals surface area contributed by atoms with Crippen molar-refractivity contribution in [2.24, 2.45) is 0 Å². The van der Waals surface area contributed by atoms with E-state index >= 15 is 0 Å². The number of hydrogen-bond acceptors (Lipinski definition) is 6. The lowest BCUT2D eigenvalue weighted by atomic mass is 10.2. The zero-order valence-corrected chi connectivity index (χ0v) is 13.8. The molecule has 3 rings (SSSR count). The monoisotopic (exact) mass is 320 g/mol. The molecule has 0 aliphatic carbocycles. The van der Waals surface area contributed by atoms with E-state index in [-0.39, 0.29) is 17.7 Å². The molecule has 22 heavy (non-hydrogen) atoms. The number of nitrogens with zero attached hydrogens (tertiary/aromatic N) is 3. The van der Waals surface area contributed by atoms with Gasteiger partial charge in [0.1, 0.15) is 16.9 Å². The number of thiazole rings is 1. The summed E-state index contributed by atoms with van der Waals surface area (Å²) in [4.78, 5) is 25.7. The van der Waals surface area contributed by atoms with Crippen LogP contribution >= 0.6 is 11.3 Å². The summed E-state index contributed by atoms with van der Waals surface area (Å²) >= 11 is 1.63. The molecule has 7 heteroatoms. The molecule has 0 spiro atoms. The highest BCUT2D eigenvalue weighted by Crippen LogP contribution is 2.28. The maximum Gasteiger partial charge on any atom is 0.251 e. The van der Waals surface area contributed by atoms with E-state index in [0.717, 1.165) is 29.5 Å². The SMILES string of the molecule is Cc1cc(=O)[nH]c([C@H](C)N2CCO[C@H](c3nc(C)cs3)C2)n1. The maximum atomic E-state index is 11.6. The largest absolute Gasteiger partial charge is 0.368 e. The van der Waals surface area contributed by atoms with Crippen LogP contribution in [0.1, 0.15) is 41.3 Å². The average Bonchev–Trinajstić information content (AvgIpc) is 2.92. The van der Waals surface area contributed by atoms with Crippen molar-refractivity contribution in [3.05, 3.63) is 44.0 Å². The fourth-order valence-electron chi connectivity index (χ4n) is 2.66. The van der Waals surface area contributed by atoms with E-state index in [1.54, 1.807) is 11.3 Å². The Morgan fingerprint density at radius 2 is 2.23 bits per heavy atom. The third-order valence-electron chi connectivity index (χ3n) is 3.84. The molecule has 1 saturated heterocycles. The lowest BCUT2D eigenvalue weighted by Crippen LogP contribution is -2.40. The van der Waals surface area contributed by atoms with Gasteiger partial charge >= 0.3 is 0 Å². The minimum absolute atomic E-state index is 0.00793. The molecule has 6 nitrogen and oxygen atoms in total. The first-order chi connectivity index (χ1) is 10.5. The van der Waals surface area contributed by atoms with Gasteiger partial charge in [0.15, 0.2) is 0 Å². The Balaban J connectivity index is 1.77. The molecular weight excluding hydrogens is 300 g/mol. The molecule has 0 radical (unpaired) electrons. The average molecular weight is 320 g/mol. The van der Waals surface area contributed by atoms with Crippen LogP contribution in [0.25, 0.3) is 0 Å². The Hall–Kier alpha value is -1.57. The van der Waals surface area contributed by atoms with Gasteiger partial charge in [0.25, 0.3) is 5.56 Å². The molecule has 3 heterocycles. The van der Waals surface area contributed by atoms with Crippen LogP contribution in [0.15, 0.2) is 16.2 Å². The maximum absolute atomic E-state index is 11.6. The third-order valence-corrected chi connectivity index (χ3v) is 4.90. The van der Waals surface area contributed by atoms with Crippen LogP contribution in [-0.2, 0) is 4.74 Å². The summed E-state index contributed by atoms with van der Waals surface area (Å²) in [6.07, 6.45) is -0.00793. The van der Waals surface area contributed by atoms with Gasteiger partial charge in [0, 0.05) is 35.9 Å². The molecule has 2 aromatic heterocycles. The first-order valence-corrected chi connectivity index (χ1v) is 8.26. The van der Waals surface area contributed by atoms with Crippen molar-refractivity contribution >= 4 is 11.3 Å². The molecular formula is C15H20N4O2S. The van der Waals surface area contributed by atoms with E-state index in [1.165, 1.54) is 6.07 Å². The second kappa shape index (κ2) is 6.28. The molecule has 1 aliphatic heterocycles. The molecule has 0 aromatic carbocycles. The fourth-order valence-corrected chi connectivity index (χ4v) is 3.50. The summed E-state index contributed by atoms with van der Waals surface area (Å²) in [6, 6.07) is 1.55. The highest BCUT2D eigenvalue weighted by atomic mass is 32.1. The fraction of sp³-hybridized carbons (Fsp3) is 0.533. The van der Waals surface area contributed by atoms with Crippen molar-refractivity contribution in [3.63, 3.8) is 0 Å². The second-order valence-electron chi connectivity index (χ2n) is 5.63. The number of rotatable bonds is 3. The topological polar surface area (TPSA) is 71.1 Å². The normalized spacial score (nSPS) is 21.0. The molecule has 2 aromatic rings. The Morgan fingerprint density at radius 3 is 2.91 bits per heavy atom. The first-order valence-electron chi connectivity index (χ1n) is 7.38. The molecule has 0 amide bonds. The number of ether oxygens (including phenoxy) is 1. The third kappa shape index (κ3) is 3.26. The highest BCUT2D eigenvalue weighted by Gasteiger charge is 2.28. The van der Waals surface area contributed by atoms with Crippen LogP contribution in [0.2, 0.25) is 0 Å². The van der Waals surface area contributed by atoms with Crippen molar-refractivity contribution < 1.29 is 4.74 Å². The van der Waals surface area contributed by atoms with Gasteiger partial charge in [0.2, 0.25) is 0 Å². The highest BCUT2D eigenvalue weighted by molar-refractivity contribution is 7.09. The van der Waals surface area contributed by atoms with E-state index in [4.69, 9.17) is 4.74 Å². The van der Waals surface area contributed by atoms with Gasteiger partial charge in [-0.05, 0) is 20.8 Å². The molecule has 0 saturated carbocycles. The van der Waals surface area contributed by atoms with Crippen LogP contribution < -0.4 is 5.56 Å².